The highest BCUT2D eigenvalue weighted by Gasteiger charge is 2.34. The number of amides is 1. The third-order valence-corrected chi connectivity index (χ3v) is 3.57. The normalized spacial score (nSPS) is 17.8. The number of rotatable bonds is 4. The fraction of sp³-hybridized carbons (Fsp3) is 0.533. The Labute approximate surface area is 119 Å². The molecule has 1 amide bonds. The maximum Gasteiger partial charge on any atom is 0.410 e. The van der Waals surface area contributed by atoms with Gasteiger partial charge in [-0.1, -0.05) is 30.3 Å². The molecule has 2 rings (SSSR count). The molecule has 0 unspecified atom stereocenters. The summed E-state index contributed by atoms with van der Waals surface area (Å²) in [5.41, 5.74) is 0.152. The van der Waals surface area contributed by atoms with Crippen molar-refractivity contribution < 1.29 is 19.4 Å². The molecule has 1 aliphatic rings. The topological polar surface area (TPSA) is 59.0 Å². The molecule has 0 aromatic heterocycles. The highest BCUT2D eigenvalue weighted by Crippen LogP contribution is 2.22. The van der Waals surface area contributed by atoms with Crippen LogP contribution in [-0.4, -0.2) is 48.5 Å². The molecule has 1 aromatic rings. The first kappa shape index (κ1) is 14.8. The summed E-state index contributed by atoms with van der Waals surface area (Å²) < 4.78 is 10.3. The minimum atomic E-state index is -0.815. The van der Waals surface area contributed by atoms with E-state index in [0.717, 1.165) is 5.56 Å². The minimum absolute atomic E-state index is 0.276. The molecule has 1 saturated heterocycles. The Balaban J connectivity index is 1.77. The van der Waals surface area contributed by atoms with E-state index in [9.17, 15) is 9.90 Å². The van der Waals surface area contributed by atoms with E-state index in [4.69, 9.17) is 9.47 Å². The first-order valence-electron chi connectivity index (χ1n) is 6.80. The van der Waals surface area contributed by atoms with Gasteiger partial charge in [-0.3, -0.25) is 0 Å². The fourth-order valence-corrected chi connectivity index (χ4v) is 2.33. The van der Waals surface area contributed by atoms with E-state index in [1.807, 2.05) is 30.3 Å². The molecule has 0 radical (unpaired) electrons. The van der Waals surface area contributed by atoms with Crippen LogP contribution in [0, 0.1) is 0 Å². The summed E-state index contributed by atoms with van der Waals surface area (Å²) in [6.45, 7) is 1.57. The maximum atomic E-state index is 11.9. The van der Waals surface area contributed by atoms with Gasteiger partial charge in [0, 0.05) is 20.2 Å². The molecule has 5 heteroatoms. The molecule has 5 nitrogen and oxygen atoms in total. The Morgan fingerprint density at radius 1 is 1.30 bits per heavy atom. The largest absolute Gasteiger partial charge is 0.445 e. The van der Waals surface area contributed by atoms with E-state index in [0.29, 0.717) is 32.5 Å². The van der Waals surface area contributed by atoms with Gasteiger partial charge in [0.15, 0.2) is 0 Å². The highest BCUT2D eigenvalue weighted by atomic mass is 16.6. The van der Waals surface area contributed by atoms with Crippen LogP contribution < -0.4 is 0 Å². The number of nitrogens with zero attached hydrogens (tertiary/aromatic N) is 1. The second-order valence-electron chi connectivity index (χ2n) is 5.18. The van der Waals surface area contributed by atoms with Gasteiger partial charge in [0.25, 0.3) is 0 Å². The smallest absolute Gasteiger partial charge is 0.410 e. The van der Waals surface area contributed by atoms with Gasteiger partial charge in [0.1, 0.15) is 6.61 Å². The van der Waals surface area contributed by atoms with E-state index in [1.54, 1.807) is 12.0 Å². The van der Waals surface area contributed by atoms with Gasteiger partial charge in [-0.2, -0.15) is 0 Å². The van der Waals surface area contributed by atoms with Gasteiger partial charge in [-0.05, 0) is 18.4 Å². The number of likely N-dealkylation sites (tertiary alicyclic amines) is 1. The van der Waals surface area contributed by atoms with E-state index in [1.165, 1.54) is 0 Å². The average Bonchev–Trinajstić information content (AvgIpc) is 2.47. The van der Waals surface area contributed by atoms with Crippen LogP contribution in [0.2, 0.25) is 0 Å². The number of piperidine rings is 1. The molecule has 0 aliphatic carbocycles. The first-order valence-corrected chi connectivity index (χ1v) is 6.80. The summed E-state index contributed by atoms with van der Waals surface area (Å²) in [4.78, 5) is 13.6. The van der Waals surface area contributed by atoms with Crippen molar-refractivity contribution in [2.45, 2.75) is 25.0 Å². The van der Waals surface area contributed by atoms with E-state index < -0.39 is 5.60 Å². The number of carbonyl (C=O) groups excluding carboxylic acids is 1. The van der Waals surface area contributed by atoms with Crippen molar-refractivity contribution in [3.8, 4) is 0 Å². The molecule has 1 aromatic carbocycles. The third-order valence-electron chi connectivity index (χ3n) is 3.57. The molecule has 1 fully saturated rings. The molecular formula is C15H21NO4. The highest BCUT2D eigenvalue weighted by molar-refractivity contribution is 5.67. The van der Waals surface area contributed by atoms with E-state index in [-0.39, 0.29) is 12.7 Å². The maximum absolute atomic E-state index is 11.9. The van der Waals surface area contributed by atoms with Crippen LogP contribution in [0.4, 0.5) is 4.79 Å². The van der Waals surface area contributed by atoms with Crippen molar-refractivity contribution in [2.75, 3.05) is 26.8 Å². The predicted octanol–water partition coefficient (Wildman–Crippen LogP) is 1.80. The summed E-state index contributed by atoms with van der Waals surface area (Å²) in [6.07, 6.45) is 0.705. The molecule has 1 N–H and O–H groups in total. The Kier molecular flexibility index (Phi) is 4.98. The zero-order valence-corrected chi connectivity index (χ0v) is 11.7. The van der Waals surface area contributed by atoms with Crippen LogP contribution in [0.1, 0.15) is 18.4 Å². The minimum Gasteiger partial charge on any atom is -0.445 e. The van der Waals surface area contributed by atoms with Gasteiger partial charge in [0.05, 0.1) is 12.2 Å². The lowest BCUT2D eigenvalue weighted by Crippen LogP contribution is -2.48. The van der Waals surface area contributed by atoms with Crippen LogP contribution in [0.15, 0.2) is 30.3 Å². The van der Waals surface area contributed by atoms with Crippen molar-refractivity contribution in [1.29, 1.82) is 0 Å². The zero-order valence-electron chi connectivity index (χ0n) is 11.7. The SMILES string of the molecule is COCC1(O)CCN(C(=O)OCc2ccccc2)CC1. The molecule has 110 valence electrons. The van der Waals surface area contributed by atoms with Crippen molar-refractivity contribution in [2.24, 2.45) is 0 Å². The third kappa shape index (κ3) is 3.95. The Hall–Kier alpha value is -1.59. The van der Waals surface area contributed by atoms with Gasteiger partial charge in [-0.15, -0.1) is 0 Å². The lowest BCUT2D eigenvalue weighted by atomic mass is 9.92. The van der Waals surface area contributed by atoms with Crippen molar-refractivity contribution in [1.82, 2.24) is 4.90 Å². The monoisotopic (exact) mass is 279 g/mol. The zero-order chi connectivity index (χ0) is 14.4. The molecular weight excluding hydrogens is 258 g/mol. The Morgan fingerprint density at radius 3 is 2.55 bits per heavy atom. The number of methoxy groups -OCH3 is 1. The second-order valence-corrected chi connectivity index (χ2v) is 5.18. The molecule has 0 saturated carbocycles. The number of hydrogen-bond acceptors (Lipinski definition) is 4. The van der Waals surface area contributed by atoms with Gasteiger partial charge < -0.3 is 19.5 Å². The number of benzene rings is 1. The number of carbonyl (C=O) groups is 1. The van der Waals surface area contributed by atoms with Crippen LogP contribution in [0.25, 0.3) is 0 Å². The summed E-state index contributed by atoms with van der Waals surface area (Å²) in [7, 11) is 1.57. The van der Waals surface area contributed by atoms with Crippen molar-refractivity contribution in [3.63, 3.8) is 0 Å². The van der Waals surface area contributed by atoms with Crippen LogP contribution in [0.3, 0.4) is 0 Å². The van der Waals surface area contributed by atoms with E-state index >= 15 is 0 Å². The van der Waals surface area contributed by atoms with Gasteiger partial charge in [0.2, 0.25) is 0 Å². The quantitative estimate of drug-likeness (QED) is 0.913. The molecule has 0 bridgehead atoms. The number of ether oxygens (including phenoxy) is 2. The fourth-order valence-electron chi connectivity index (χ4n) is 2.33. The Bertz CT molecular complexity index is 427. The van der Waals surface area contributed by atoms with Gasteiger partial charge >= 0.3 is 6.09 Å². The van der Waals surface area contributed by atoms with Gasteiger partial charge in [-0.25, -0.2) is 4.79 Å². The second kappa shape index (κ2) is 6.72. The van der Waals surface area contributed by atoms with Crippen LogP contribution in [0.5, 0.6) is 0 Å². The predicted molar refractivity (Wildman–Crippen MR) is 74.3 cm³/mol. The summed E-state index contributed by atoms with van der Waals surface area (Å²) in [5, 5.41) is 10.2. The molecule has 0 atom stereocenters. The van der Waals surface area contributed by atoms with Crippen molar-refractivity contribution in [3.05, 3.63) is 35.9 Å². The lowest BCUT2D eigenvalue weighted by molar-refractivity contribution is -0.0687. The van der Waals surface area contributed by atoms with Crippen LogP contribution in [-0.2, 0) is 16.1 Å². The van der Waals surface area contributed by atoms with E-state index in [2.05, 4.69) is 0 Å². The van der Waals surface area contributed by atoms with Crippen molar-refractivity contribution >= 4 is 6.09 Å². The molecule has 1 aliphatic heterocycles. The summed E-state index contributed by atoms with van der Waals surface area (Å²) >= 11 is 0. The summed E-state index contributed by atoms with van der Waals surface area (Å²) in [5.74, 6) is 0. The summed E-state index contributed by atoms with van der Waals surface area (Å²) in [6, 6.07) is 9.58. The first-order chi connectivity index (χ1) is 9.63. The molecule has 1 heterocycles. The standard InChI is InChI=1S/C15H21NO4/c1-19-12-15(18)7-9-16(10-8-15)14(17)20-11-13-5-3-2-4-6-13/h2-6,18H,7-12H2,1H3. The average molecular weight is 279 g/mol. The lowest BCUT2D eigenvalue weighted by Gasteiger charge is -2.37. The van der Waals surface area contributed by atoms with Crippen LogP contribution >= 0.6 is 0 Å². The Morgan fingerprint density at radius 2 is 1.95 bits per heavy atom. The number of hydrogen-bond donors (Lipinski definition) is 1. The molecule has 20 heavy (non-hydrogen) atoms. The molecule has 0 spiro atoms. The number of aliphatic hydroxyl groups is 1.